The predicted octanol–water partition coefficient (Wildman–Crippen LogP) is 3.06. The fraction of sp³-hybridized carbons (Fsp3) is 0.222. The van der Waals surface area contributed by atoms with E-state index in [1.165, 1.54) is 21.5 Å². The first kappa shape index (κ1) is 13.1. The van der Waals surface area contributed by atoms with E-state index in [4.69, 9.17) is 0 Å². The molecule has 3 aromatic carbocycles. The summed E-state index contributed by atoms with van der Waals surface area (Å²) in [6.07, 6.45) is 1.26. The van der Waals surface area contributed by atoms with E-state index in [1.807, 2.05) is 12.1 Å². The molecule has 2 heteroatoms. The molecule has 0 bridgehead atoms. The first-order chi connectivity index (χ1) is 9.85. The Labute approximate surface area is 118 Å². The summed E-state index contributed by atoms with van der Waals surface area (Å²) < 4.78 is 0. The van der Waals surface area contributed by atoms with Gasteiger partial charge in [-0.2, -0.15) is 0 Å². The lowest BCUT2D eigenvalue weighted by Crippen LogP contribution is -2.01. The first-order valence-corrected chi connectivity index (χ1v) is 6.99. The number of benzene rings is 3. The predicted molar refractivity (Wildman–Crippen MR) is 83.0 cm³/mol. The summed E-state index contributed by atoms with van der Waals surface area (Å²) in [7, 11) is 0. The molecule has 0 atom stereocenters. The molecule has 0 saturated heterocycles. The molecule has 2 N–H and O–H groups in total. The lowest BCUT2D eigenvalue weighted by Gasteiger charge is -2.14. The molecule has 20 heavy (non-hydrogen) atoms. The molecule has 0 fully saturated rings. The van der Waals surface area contributed by atoms with Gasteiger partial charge in [0.25, 0.3) is 0 Å². The summed E-state index contributed by atoms with van der Waals surface area (Å²) in [5, 5.41) is 23.4. The van der Waals surface area contributed by atoms with Crippen molar-refractivity contribution in [2.24, 2.45) is 0 Å². The van der Waals surface area contributed by atoms with Gasteiger partial charge in [-0.05, 0) is 45.5 Å². The number of hydrogen-bond acceptors (Lipinski definition) is 2. The minimum atomic E-state index is 0.126. The van der Waals surface area contributed by atoms with Crippen molar-refractivity contribution in [1.29, 1.82) is 0 Å². The molecule has 2 nitrogen and oxygen atoms in total. The maximum Gasteiger partial charge on any atom is 0.0471 e. The van der Waals surface area contributed by atoms with E-state index in [2.05, 4.69) is 36.4 Å². The van der Waals surface area contributed by atoms with Crippen LogP contribution in [0.2, 0.25) is 0 Å². The highest BCUT2D eigenvalue weighted by molar-refractivity contribution is 6.09. The lowest BCUT2D eigenvalue weighted by molar-refractivity contribution is 0.293. The van der Waals surface area contributed by atoms with Gasteiger partial charge in [0.2, 0.25) is 0 Å². The van der Waals surface area contributed by atoms with Crippen LogP contribution in [-0.4, -0.2) is 23.4 Å². The molecule has 0 saturated carbocycles. The van der Waals surface area contributed by atoms with Crippen LogP contribution in [0, 0.1) is 0 Å². The Morgan fingerprint density at radius 3 is 2.20 bits per heavy atom. The minimum Gasteiger partial charge on any atom is -0.396 e. The topological polar surface area (TPSA) is 40.5 Å². The van der Waals surface area contributed by atoms with Crippen LogP contribution in [-0.2, 0) is 12.8 Å². The molecule has 0 unspecified atom stereocenters. The van der Waals surface area contributed by atoms with Crippen molar-refractivity contribution in [3.8, 4) is 0 Å². The Morgan fingerprint density at radius 1 is 0.700 bits per heavy atom. The molecule has 0 amide bonds. The van der Waals surface area contributed by atoms with Gasteiger partial charge < -0.3 is 10.2 Å². The summed E-state index contributed by atoms with van der Waals surface area (Å²) in [4.78, 5) is 0. The van der Waals surface area contributed by atoms with Gasteiger partial charge in [0, 0.05) is 13.2 Å². The van der Waals surface area contributed by atoms with Gasteiger partial charge in [-0.15, -0.1) is 0 Å². The Bertz CT molecular complexity index is 747. The van der Waals surface area contributed by atoms with Crippen LogP contribution in [0.1, 0.15) is 11.1 Å². The largest absolute Gasteiger partial charge is 0.396 e. The van der Waals surface area contributed by atoms with Crippen LogP contribution in [0.25, 0.3) is 21.5 Å². The highest BCUT2D eigenvalue weighted by atomic mass is 16.3. The summed E-state index contributed by atoms with van der Waals surface area (Å²) in [6.45, 7) is 0.259. The Hall–Kier alpha value is -1.90. The normalized spacial score (nSPS) is 11.3. The third-order valence-corrected chi connectivity index (χ3v) is 3.86. The maximum atomic E-state index is 9.38. The van der Waals surface area contributed by atoms with Crippen LogP contribution in [0.5, 0.6) is 0 Å². The van der Waals surface area contributed by atoms with Gasteiger partial charge in [-0.3, -0.25) is 0 Å². The second-order valence-electron chi connectivity index (χ2n) is 5.04. The molecule has 0 radical (unpaired) electrons. The third-order valence-electron chi connectivity index (χ3n) is 3.86. The second-order valence-corrected chi connectivity index (χ2v) is 5.04. The average Bonchev–Trinajstić information content (AvgIpc) is 2.49. The van der Waals surface area contributed by atoms with Crippen molar-refractivity contribution >= 4 is 21.5 Å². The van der Waals surface area contributed by atoms with Crippen molar-refractivity contribution in [2.75, 3.05) is 13.2 Å². The van der Waals surface area contributed by atoms with Gasteiger partial charge in [0.1, 0.15) is 0 Å². The number of aliphatic hydroxyl groups is 2. The van der Waals surface area contributed by atoms with Crippen molar-refractivity contribution in [3.05, 3.63) is 59.7 Å². The van der Waals surface area contributed by atoms with Crippen molar-refractivity contribution in [3.63, 3.8) is 0 Å². The summed E-state index contributed by atoms with van der Waals surface area (Å²) in [6, 6.07) is 16.7. The van der Waals surface area contributed by atoms with Crippen LogP contribution in [0.4, 0.5) is 0 Å². The molecule has 3 aromatic rings. The van der Waals surface area contributed by atoms with Gasteiger partial charge in [0.05, 0.1) is 0 Å². The van der Waals surface area contributed by atoms with Gasteiger partial charge in [-0.25, -0.2) is 0 Å². The molecule has 0 aromatic heterocycles. The number of hydrogen-bond donors (Lipinski definition) is 2. The highest BCUT2D eigenvalue weighted by Gasteiger charge is 2.10. The van der Waals surface area contributed by atoms with Gasteiger partial charge >= 0.3 is 0 Å². The van der Waals surface area contributed by atoms with Crippen molar-refractivity contribution < 1.29 is 10.2 Å². The van der Waals surface area contributed by atoms with E-state index >= 15 is 0 Å². The molecule has 0 aliphatic carbocycles. The molecule has 0 aliphatic heterocycles. The summed E-state index contributed by atoms with van der Waals surface area (Å²) in [5.41, 5.74) is 2.29. The Kier molecular flexibility index (Phi) is 3.68. The maximum absolute atomic E-state index is 9.38. The number of aliphatic hydroxyl groups excluding tert-OH is 2. The van der Waals surface area contributed by atoms with Crippen LogP contribution in [0.3, 0.4) is 0 Å². The molecule has 3 rings (SSSR count). The van der Waals surface area contributed by atoms with E-state index < -0.39 is 0 Å². The van der Waals surface area contributed by atoms with E-state index in [-0.39, 0.29) is 13.2 Å². The standard InChI is InChI=1S/C18H18O2/c19-11-9-14-6-8-15-7-5-13-3-1-2-4-16(13)18(15)17(14)10-12-20/h1-8,19-20H,9-12H2. The quantitative estimate of drug-likeness (QED) is 0.712. The Balaban J connectivity index is 2.40. The zero-order valence-corrected chi connectivity index (χ0v) is 11.3. The van der Waals surface area contributed by atoms with Crippen LogP contribution < -0.4 is 0 Å². The SMILES string of the molecule is OCCc1ccc2ccc3ccccc3c2c1CCO. The second kappa shape index (κ2) is 5.61. The van der Waals surface area contributed by atoms with E-state index in [0.29, 0.717) is 12.8 Å². The van der Waals surface area contributed by atoms with E-state index in [0.717, 1.165) is 11.1 Å². The molecular weight excluding hydrogens is 248 g/mol. The summed E-state index contributed by atoms with van der Waals surface area (Å²) >= 11 is 0. The fourth-order valence-electron chi connectivity index (χ4n) is 2.97. The minimum absolute atomic E-state index is 0.126. The third kappa shape index (κ3) is 2.17. The van der Waals surface area contributed by atoms with E-state index in [1.54, 1.807) is 0 Å². The molecule has 102 valence electrons. The zero-order chi connectivity index (χ0) is 13.9. The molecule has 0 aliphatic rings. The average molecular weight is 266 g/mol. The highest BCUT2D eigenvalue weighted by Crippen LogP contribution is 2.31. The van der Waals surface area contributed by atoms with Gasteiger partial charge in [-0.1, -0.05) is 48.5 Å². The number of fused-ring (bicyclic) bond motifs is 3. The van der Waals surface area contributed by atoms with E-state index in [9.17, 15) is 10.2 Å². The van der Waals surface area contributed by atoms with Gasteiger partial charge in [0.15, 0.2) is 0 Å². The van der Waals surface area contributed by atoms with Crippen LogP contribution >= 0.6 is 0 Å². The zero-order valence-electron chi connectivity index (χ0n) is 11.3. The molecular formula is C18H18O2. The van der Waals surface area contributed by atoms with Crippen molar-refractivity contribution in [2.45, 2.75) is 12.8 Å². The lowest BCUT2D eigenvalue weighted by atomic mass is 9.91. The molecule has 0 spiro atoms. The monoisotopic (exact) mass is 266 g/mol. The first-order valence-electron chi connectivity index (χ1n) is 6.99. The Morgan fingerprint density at radius 2 is 1.40 bits per heavy atom. The fourth-order valence-corrected chi connectivity index (χ4v) is 2.97. The molecule has 0 heterocycles. The van der Waals surface area contributed by atoms with Crippen LogP contribution in [0.15, 0.2) is 48.5 Å². The number of rotatable bonds is 4. The summed E-state index contributed by atoms with van der Waals surface area (Å²) in [5.74, 6) is 0. The smallest absolute Gasteiger partial charge is 0.0471 e. The van der Waals surface area contributed by atoms with Crippen molar-refractivity contribution in [1.82, 2.24) is 0 Å².